The van der Waals surface area contributed by atoms with Crippen molar-refractivity contribution >= 4 is 33.0 Å². The number of rotatable bonds is 3. The molecule has 1 fully saturated rings. The molecule has 1 aliphatic carbocycles. The third-order valence-electron chi connectivity index (χ3n) is 4.15. The highest BCUT2D eigenvalue weighted by Gasteiger charge is 2.24. The van der Waals surface area contributed by atoms with Crippen LogP contribution in [0.2, 0.25) is 0 Å². The van der Waals surface area contributed by atoms with Crippen LogP contribution in [0.5, 0.6) is 0 Å². The van der Waals surface area contributed by atoms with Gasteiger partial charge in [0.25, 0.3) is 5.91 Å². The minimum absolute atomic E-state index is 0.104. The van der Waals surface area contributed by atoms with Gasteiger partial charge in [-0.3, -0.25) is 4.79 Å². The number of hydrogen-bond donors (Lipinski definition) is 3. The van der Waals surface area contributed by atoms with E-state index in [4.69, 9.17) is 5.73 Å². The summed E-state index contributed by atoms with van der Waals surface area (Å²) in [4.78, 5) is 12.9. The number of carbonyl (C=O) groups is 1. The molecule has 1 aromatic heterocycles. The van der Waals surface area contributed by atoms with E-state index in [0.717, 1.165) is 34.9 Å². The molecule has 1 saturated carbocycles. The second kappa shape index (κ2) is 5.66. The molecular weight excluding hydrogens is 284 g/mol. The fourth-order valence-corrected chi connectivity index (χ4v) is 3.97. The van der Waals surface area contributed by atoms with Gasteiger partial charge in [0.2, 0.25) is 0 Å². The quantitative estimate of drug-likeness (QED) is 0.816. The van der Waals surface area contributed by atoms with Crippen LogP contribution in [0, 0.1) is 12.8 Å². The standard InChI is InChI=1S/C16H20N2O2S/c1-9-2-5-13-12(6-9)14(17)15(21-13)16(20)18-8-10-3-4-11(19)7-10/h2,5-6,10-11,19H,3-4,7-8,17H2,1H3,(H,18,20). The molecule has 0 saturated heterocycles. The molecule has 0 spiro atoms. The predicted octanol–water partition coefficient (Wildman–Crippen LogP) is 2.68. The maximum Gasteiger partial charge on any atom is 0.263 e. The second-order valence-corrected chi connectivity index (χ2v) is 6.94. The number of aryl methyl sites for hydroxylation is 1. The van der Waals surface area contributed by atoms with Gasteiger partial charge in [0.1, 0.15) is 4.88 Å². The Morgan fingerprint density at radius 3 is 3.00 bits per heavy atom. The first-order valence-corrected chi connectivity index (χ1v) is 8.11. The van der Waals surface area contributed by atoms with E-state index in [1.807, 2.05) is 25.1 Å². The average Bonchev–Trinajstić information content (AvgIpc) is 3.01. The topological polar surface area (TPSA) is 75.3 Å². The van der Waals surface area contributed by atoms with Crippen LogP contribution in [-0.2, 0) is 0 Å². The summed E-state index contributed by atoms with van der Waals surface area (Å²) in [6.45, 7) is 2.63. The van der Waals surface area contributed by atoms with Crippen LogP contribution in [0.25, 0.3) is 10.1 Å². The number of nitrogens with two attached hydrogens (primary N) is 1. The van der Waals surface area contributed by atoms with Crippen molar-refractivity contribution in [3.05, 3.63) is 28.6 Å². The molecule has 0 radical (unpaired) electrons. The zero-order valence-electron chi connectivity index (χ0n) is 12.1. The zero-order chi connectivity index (χ0) is 15.0. The van der Waals surface area contributed by atoms with Gasteiger partial charge >= 0.3 is 0 Å². The Hall–Kier alpha value is -1.59. The van der Waals surface area contributed by atoms with Crippen molar-refractivity contribution < 1.29 is 9.90 Å². The number of thiophene rings is 1. The van der Waals surface area contributed by atoms with Gasteiger partial charge in [0.15, 0.2) is 0 Å². The number of nitrogens with one attached hydrogen (secondary N) is 1. The van der Waals surface area contributed by atoms with E-state index in [1.165, 1.54) is 11.3 Å². The Morgan fingerprint density at radius 1 is 1.48 bits per heavy atom. The highest BCUT2D eigenvalue weighted by Crippen LogP contribution is 2.34. The highest BCUT2D eigenvalue weighted by atomic mass is 32.1. The summed E-state index contributed by atoms with van der Waals surface area (Å²) >= 11 is 1.44. The number of anilines is 1. The van der Waals surface area contributed by atoms with Gasteiger partial charge in [-0.25, -0.2) is 0 Å². The van der Waals surface area contributed by atoms with E-state index in [9.17, 15) is 9.90 Å². The minimum Gasteiger partial charge on any atom is -0.397 e. The van der Waals surface area contributed by atoms with E-state index in [-0.39, 0.29) is 12.0 Å². The predicted molar refractivity (Wildman–Crippen MR) is 86.7 cm³/mol. The molecule has 3 rings (SSSR count). The summed E-state index contributed by atoms with van der Waals surface area (Å²) in [6.07, 6.45) is 2.39. The first-order chi connectivity index (χ1) is 10.0. The molecule has 1 heterocycles. The fourth-order valence-electron chi connectivity index (χ4n) is 2.95. The highest BCUT2D eigenvalue weighted by molar-refractivity contribution is 7.21. The van der Waals surface area contributed by atoms with Crippen LogP contribution in [-0.4, -0.2) is 23.7 Å². The van der Waals surface area contributed by atoms with Gasteiger partial charge in [0, 0.05) is 16.6 Å². The summed E-state index contributed by atoms with van der Waals surface area (Å²) in [7, 11) is 0. The zero-order valence-corrected chi connectivity index (χ0v) is 12.9. The normalized spacial score (nSPS) is 21.8. The number of nitrogen functional groups attached to an aromatic ring is 1. The summed E-state index contributed by atoms with van der Waals surface area (Å²) in [5, 5.41) is 13.4. The van der Waals surface area contributed by atoms with E-state index >= 15 is 0 Å². The maximum atomic E-state index is 12.3. The molecule has 2 atom stereocenters. The van der Waals surface area contributed by atoms with Gasteiger partial charge < -0.3 is 16.2 Å². The molecule has 2 unspecified atom stereocenters. The lowest BCUT2D eigenvalue weighted by atomic mass is 10.1. The van der Waals surface area contributed by atoms with E-state index < -0.39 is 0 Å². The number of aliphatic hydroxyl groups excluding tert-OH is 1. The van der Waals surface area contributed by atoms with Gasteiger partial charge in [-0.05, 0) is 44.2 Å². The largest absolute Gasteiger partial charge is 0.397 e. The minimum atomic E-state index is -0.204. The molecule has 1 amide bonds. The van der Waals surface area contributed by atoms with E-state index in [0.29, 0.717) is 23.0 Å². The first-order valence-electron chi connectivity index (χ1n) is 7.29. The van der Waals surface area contributed by atoms with Gasteiger partial charge in [-0.2, -0.15) is 0 Å². The van der Waals surface area contributed by atoms with Crippen LogP contribution in [0.4, 0.5) is 5.69 Å². The molecular formula is C16H20N2O2S. The molecule has 2 aromatic rings. The molecule has 1 aliphatic rings. The Labute approximate surface area is 128 Å². The summed E-state index contributed by atoms with van der Waals surface area (Å²) in [5.74, 6) is 0.273. The molecule has 4 N–H and O–H groups in total. The van der Waals surface area contributed by atoms with Gasteiger partial charge in [-0.1, -0.05) is 11.6 Å². The van der Waals surface area contributed by atoms with Crippen molar-refractivity contribution in [1.29, 1.82) is 0 Å². The lowest BCUT2D eigenvalue weighted by Crippen LogP contribution is -2.28. The number of fused-ring (bicyclic) bond motifs is 1. The van der Waals surface area contributed by atoms with Crippen LogP contribution in [0.1, 0.15) is 34.5 Å². The van der Waals surface area contributed by atoms with Crippen molar-refractivity contribution in [3.63, 3.8) is 0 Å². The van der Waals surface area contributed by atoms with Crippen LogP contribution >= 0.6 is 11.3 Å². The van der Waals surface area contributed by atoms with E-state index in [2.05, 4.69) is 5.32 Å². The molecule has 0 bridgehead atoms. The number of benzene rings is 1. The van der Waals surface area contributed by atoms with Crippen molar-refractivity contribution in [2.75, 3.05) is 12.3 Å². The van der Waals surface area contributed by atoms with Gasteiger partial charge in [0.05, 0.1) is 11.8 Å². The first kappa shape index (κ1) is 14.4. The second-order valence-electron chi connectivity index (χ2n) is 5.89. The third-order valence-corrected chi connectivity index (χ3v) is 5.34. The van der Waals surface area contributed by atoms with Crippen LogP contribution in [0.15, 0.2) is 18.2 Å². The maximum absolute atomic E-state index is 12.3. The number of hydrogen-bond acceptors (Lipinski definition) is 4. The summed E-state index contributed by atoms with van der Waals surface area (Å²) in [5.41, 5.74) is 7.83. The molecule has 5 heteroatoms. The Morgan fingerprint density at radius 2 is 2.29 bits per heavy atom. The van der Waals surface area contributed by atoms with Gasteiger partial charge in [-0.15, -0.1) is 11.3 Å². The Kier molecular flexibility index (Phi) is 3.87. The molecule has 0 aliphatic heterocycles. The molecule has 1 aromatic carbocycles. The lowest BCUT2D eigenvalue weighted by molar-refractivity contribution is 0.0950. The lowest BCUT2D eigenvalue weighted by Gasteiger charge is -2.10. The van der Waals surface area contributed by atoms with E-state index in [1.54, 1.807) is 0 Å². The number of carbonyl (C=O) groups excluding carboxylic acids is 1. The summed E-state index contributed by atoms with van der Waals surface area (Å²) < 4.78 is 1.04. The van der Waals surface area contributed by atoms with Crippen molar-refractivity contribution in [2.45, 2.75) is 32.3 Å². The monoisotopic (exact) mass is 304 g/mol. The molecule has 4 nitrogen and oxygen atoms in total. The third kappa shape index (κ3) is 2.89. The summed E-state index contributed by atoms with van der Waals surface area (Å²) in [6, 6.07) is 6.06. The van der Waals surface area contributed by atoms with Crippen molar-refractivity contribution in [1.82, 2.24) is 5.32 Å². The van der Waals surface area contributed by atoms with Crippen molar-refractivity contribution in [2.24, 2.45) is 5.92 Å². The smallest absolute Gasteiger partial charge is 0.263 e. The number of aliphatic hydroxyl groups is 1. The Balaban J connectivity index is 1.74. The van der Waals surface area contributed by atoms with Crippen molar-refractivity contribution in [3.8, 4) is 0 Å². The number of amides is 1. The van der Waals surface area contributed by atoms with Crippen LogP contribution in [0.3, 0.4) is 0 Å². The Bertz CT molecular complexity index is 680. The van der Waals surface area contributed by atoms with Crippen LogP contribution < -0.4 is 11.1 Å². The fraction of sp³-hybridized carbons (Fsp3) is 0.438. The molecule has 112 valence electrons. The molecule has 21 heavy (non-hydrogen) atoms. The SMILES string of the molecule is Cc1ccc2sc(C(=O)NCC3CCC(O)C3)c(N)c2c1. The average molecular weight is 304 g/mol.